The van der Waals surface area contributed by atoms with Gasteiger partial charge in [0.15, 0.2) is 0 Å². The lowest BCUT2D eigenvalue weighted by Crippen LogP contribution is -2.45. The van der Waals surface area contributed by atoms with Gasteiger partial charge in [-0.1, -0.05) is 47.1 Å². The monoisotopic (exact) mass is 474 g/mol. The standard InChI is InChI=1S/C26H23ClN4O3/c1-15-9-10-18(12-16(15)2)23-22(17(3)31(26(32)28-23)14-21-8-5-11-33-21)25-29-24(30-34-25)19-6-4-7-20(27)13-19/h4-13,23H,14H2,1-3H3,(H,28,32). The Balaban J connectivity index is 1.62. The molecule has 0 saturated heterocycles. The van der Waals surface area contributed by atoms with Gasteiger partial charge in [-0.15, -0.1) is 0 Å². The lowest BCUT2D eigenvalue weighted by Gasteiger charge is -2.34. The Morgan fingerprint density at radius 3 is 2.65 bits per heavy atom. The highest BCUT2D eigenvalue weighted by Crippen LogP contribution is 2.38. The highest BCUT2D eigenvalue weighted by atomic mass is 35.5. The van der Waals surface area contributed by atoms with Gasteiger partial charge in [0.25, 0.3) is 5.89 Å². The Morgan fingerprint density at radius 1 is 1.06 bits per heavy atom. The number of benzene rings is 2. The van der Waals surface area contributed by atoms with E-state index in [-0.39, 0.29) is 12.6 Å². The van der Waals surface area contributed by atoms with Gasteiger partial charge in [-0.2, -0.15) is 4.98 Å². The molecule has 2 aromatic carbocycles. The van der Waals surface area contributed by atoms with Gasteiger partial charge in [-0.05, 0) is 61.7 Å². The Morgan fingerprint density at radius 2 is 1.91 bits per heavy atom. The zero-order valence-electron chi connectivity index (χ0n) is 19.0. The normalized spacial score (nSPS) is 16.2. The smallest absolute Gasteiger partial charge is 0.322 e. The average molecular weight is 475 g/mol. The van der Waals surface area contributed by atoms with E-state index in [0.717, 1.165) is 22.3 Å². The van der Waals surface area contributed by atoms with Crippen molar-refractivity contribution in [2.24, 2.45) is 0 Å². The lowest BCUT2D eigenvalue weighted by atomic mass is 9.92. The number of urea groups is 1. The molecule has 2 amide bonds. The van der Waals surface area contributed by atoms with E-state index < -0.39 is 6.04 Å². The highest BCUT2D eigenvalue weighted by molar-refractivity contribution is 6.30. The molecule has 2 aromatic heterocycles. The van der Waals surface area contributed by atoms with Crippen LogP contribution < -0.4 is 5.32 Å². The van der Waals surface area contributed by atoms with Crippen molar-refractivity contribution in [3.63, 3.8) is 0 Å². The number of nitrogens with zero attached hydrogens (tertiary/aromatic N) is 3. The number of hydrogen-bond acceptors (Lipinski definition) is 5. The molecule has 1 unspecified atom stereocenters. The second-order valence-corrected chi connectivity index (χ2v) is 8.76. The van der Waals surface area contributed by atoms with Gasteiger partial charge in [0, 0.05) is 16.3 Å². The molecule has 3 heterocycles. The molecule has 34 heavy (non-hydrogen) atoms. The van der Waals surface area contributed by atoms with Crippen molar-refractivity contribution < 1.29 is 13.7 Å². The first-order valence-corrected chi connectivity index (χ1v) is 11.3. The molecule has 1 N–H and O–H groups in total. The molecular formula is C26H23ClN4O3. The van der Waals surface area contributed by atoms with Crippen LogP contribution in [-0.2, 0) is 6.54 Å². The number of amides is 2. The number of halogens is 1. The molecule has 0 radical (unpaired) electrons. The SMILES string of the molecule is CC1=C(c2nc(-c3cccc(Cl)c3)no2)C(c2ccc(C)c(C)c2)NC(=O)N1Cc1ccco1. The average Bonchev–Trinajstić information content (AvgIpc) is 3.50. The molecule has 0 aliphatic carbocycles. The molecule has 1 atom stereocenters. The maximum atomic E-state index is 13.2. The van der Waals surface area contributed by atoms with E-state index in [0.29, 0.717) is 28.2 Å². The quantitative estimate of drug-likeness (QED) is 0.367. The first-order valence-electron chi connectivity index (χ1n) is 10.9. The summed E-state index contributed by atoms with van der Waals surface area (Å²) >= 11 is 6.15. The van der Waals surface area contributed by atoms with Gasteiger partial charge in [0.1, 0.15) is 5.76 Å². The van der Waals surface area contributed by atoms with Crippen LogP contribution in [0.3, 0.4) is 0 Å². The summed E-state index contributed by atoms with van der Waals surface area (Å²) in [6.07, 6.45) is 1.59. The molecular weight excluding hydrogens is 452 g/mol. The molecule has 1 aliphatic heterocycles. The molecule has 0 bridgehead atoms. The van der Waals surface area contributed by atoms with Crippen LogP contribution in [0.15, 0.2) is 75.5 Å². The maximum absolute atomic E-state index is 13.2. The highest BCUT2D eigenvalue weighted by Gasteiger charge is 2.36. The first kappa shape index (κ1) is 22.0. The second-order valence-electron chi connectivity index (χ2n) is 8.32. The van der Waals surface area contributed by atoms with E-state index >= 15 is 0 Å². The fourth-order valence-corrected chi connectivity index (χ4v) is 4.27. The van der Waals surface area contributed by atoms with Crippen LogP contribution in [0.2, 0.25) is 5.02 Å². The molecule has 5 rings (SSSR count). The van der Waals surface area contributed by atoms with Crippen LogP contribution in [0.5, 0.6) is 0 Å². The summed E-state index contributed by atoms with van der Waals surface area (Å²) in [5.41, 5.74) is 5.43. The zero-order chi connectivity index (χ0) is 23.8. The number of hydrogen-bond donors (Lipinski definition) is 1. The van der Waals surface area contributed by atoms with Crippen LogP contribution in [0, 0.1) is 13.8 Å². The molecule has 172 valence electrons. The number of aryl methyl sites for hydroxylation is 2. The van der Waals surface area contributed by atoms with Crippen molar-refractivity contribution in [2.45, 2.75) is 33.4 Å². The Kier molecular flexibility index (Phi) is 5.71. The molecule has 1 aliphatic rings. The molecule has 0 fully saturated rings. The van der Waals surface area contributed by atoms with Gasteiger partial charge in [0.05, 0.1) is 24.4 Å². The topological polar surface area (TPSA) is 84.4 Å². The Bertz CT molecular complexity index is 1390. The predicted molar refractivity (Wildman–Crippen MR) is 129 cm³/mol. The number of rotatable bonds is 5. The van der Waals surface area contributed by atoms with E-state index in [1.807, 2.05) is 44.2 Å². The van der Waals surface area contributed by atoms with Crippen molar-refractivity contribution in [2.75, 3.05) is 0 Å². The number of nitrogens with one attached hydrogen (secondary N) is 1. The van der Waals surface area contributed by atoms with E-state index in [9.17, 15) is 4.79 Å². The second kappa shape index (κ2) is 8.83. The summed E-state index contributed by atoms with van der Waals surface area (Å²) in [4.78, 5) is 19.5. The van der Waals surface area contributed by atoms with Gasteiger partial charge in [-0.25, -0.2) is 4.79 Å². The van der Waals surface area contributed by atoms with Crippen LogP contribution in [0.1, 0.15) is 41.3 Å². The molecule has 7 nitrogen and oxygen atoms in total. The van der Waals surface area contributed by atoms with Crippen molar-refractivity contribution in [1.82, 2.24) is 20.4 Å². The lowest BCUT2D eigenvalue weighted by molar-refractivity contribution is 0.199. The fraction of sp³-hybridized carbons (Fsp3) is 0.192. The van der Waals surface area contributed by atoms with Gasteiger partial charge in [0.2, 0.25) is 5.82 Å². The summed E-state index contributed by atoms with van der Waals surface area (Å²) in [5.74, 6) is 1.43. The van der Waals surface area contributed by atoms with Crippen molar-refractivity contribution in [3.05, 3.63) is 99.9 Å². The largest absolute Gasteiger partial charge is 0.467 e. The number of allylic oxidation sites excluding steroid dienone is 1. The maximum Gasteiger partial charge on any atom is 0.322 e. The van der Waals surface area contributed by atoms with Crippen molar-refractivity contribution >= 4 is 23.2 Å². The summed E-state index contributed by atoms with van der Waals surface area (Å²) < 4.78 is 11.2. The zero-order valence-corrected chi connectivity index (χ0v) is 19.8. The summed E-state index contributed by atoms with van der Waals surface area (Å²) in [7, 11) is 0. The Labute approximate surface area is 202 Å². The van der Waals surface area contributed by atoms with E-state index in [1.165, 1.54) is 5.56 Å². The Hall–Kier alpha value is -3.84. The van der Waals surface area contributed by atoms with Crippen LogP contribution >= 0.6 is 11.6 Å². The molecule has 0 saturated carbocycles. The third kappa shape index (κ3) is 4.10. The fourth-order valence-electron chi connectivity index (χ4n) is 4.08. The summed E-state index contributed by atoms with van der Waals surface area (Å²) in [5, 5.41) is 7.89. The van der Waals surface area contributed by atoms with Crippen LogP contribution in [0.4, 0.5) is 4.79 Å². The van der Waals surface area contributed by atoms with Crippen molar-refractivity contribution in [3.8, 4) is 11.4 Å². The molecule has 8 heteroatoms. The first-order chi connectivity index (χ1) is 16.4. The number of aromatic nitrogens is 2. The van der Waals surface area contributed by atoms with E-state index in [1.54, 1.807) is 29.4 Å². The van der Waals surface area contributed by atoms with Gasteiger partial charge >= 0.3 is 6.03 Å². The van der Waals surface area contributed by atoms with Gasteiger partial charge in [-0.3, -0.25) is 4.90 Å². The van der Waals surface area contributed by atoms with Crippen LogP contribution in [0.25, 0.3) is 17.0 Å². The van der Waals surface area contributed by atoms with Gasteiger partial charge < -0.3 is 14.3 Å². The number of carbonyl (C=O) groups is 1. The predicted octanol–water partition coefficient (Wildman–Crippen LogP) is 6.30. The molecule has 4 aromatic rings. The minimum atomic E-state index is -0.452. The number of furan rings is 1. The van der Waals surface area contributed by atoms with Crippen LogP contribution in [-0.4, -0.2) is 21.1 Å². The number of carbonyl (C=O) groups excluding carboxylic acids is 1. The minimum absolute atomic E-state index is 0.226. The molecule has 0 spiro atoms. The summed E-state index contributed by atoms with van der Waals surface area (Å²) in [6, 6.07) is 16.4. The third-order valence-electron chi connectivity index (χ3n) is 6.09. The minimum Gasteiger partial charge on any atom is -0.467 e. The van der Waals surface area contributed by atoms with Crippen molar-refractivity contribution in [1.29, 1.82) is 0 Å². The van der Waals surface area contributed by atoms with E-state index in [4.69, 9.17) is 20.5 Å². The van der Waals surface area contributed by atoms with E-state index in [2.05, 4.69) is 28.4 Å². The summed E-state index contributed by atoms with van der Waals surface area (Å²) in [6.45, 7) is 6.27. The third-order valence-corrected chi connectivity index (χ3v) is 6.33.